The summed E-state index contributed by atoms with van der Waals surface area (Å²) in [6, 6.07) is 9.86. The summed E-state index contributed by atoms with van der Waals surface area (Å²) >= 11 is 5.64. The van der Waals surface area contributed by atoms with E-state index in [1.165, 1.54) is 0 Å². The molecule has 0 unspecified atom stereocenters. The third kappa shape index (κ3) is 2.05. The molecular weight excluding hydrogens is 200 g/mol. The molecule has 2 rings (SSSR count). The maximum absolute atomic E-state index is 5.64. The fourth-order valence-corrected chi connectivity index (χ4v) is 1.39. The minimum absolute atomic E-state index is 0.0240. The van der Waals surface area contributed by atoms with Gasteiger partial charge in [0, 0.05) is 5.56 Å². The van der Waals surface area contributed by atoms with Crippen molar-refractivity contribution < 1.29 is 4.84 Å². The van der Waals surface area contributed by atoms with Crippen LogP contribution >= 0.6 is 11.6 Å². The van der Waals surface area contributed by atoms with Gasteiger partial charge in [0.2, 0.25) is 0 Å². The second-order valence-electron chi connectivity index (χ2n) is 3.05. The number of hydrogen-bond acceptors (Lipinski definition) is 3. The van der Waals surface area contributed by atoms with E-state index in [2.05, 4.69) is 10.5 Å². The SMILES string of the molecule is ClC[C@H]1CN=C(c2ccccc2)NO1. The van der Waals surface area contributed by atoms with Crippen LogP contribution in [-0.4, -0.2) is 24.4 Å². The Balaban J connectivity index is 2.11. The highest BCUT2D eigenvalue weighted by Crippen LogP contribution is 2.06. The first-order valence-electron chi connectivity index (χ1n) is 4.47. The summed E-state index contributed by atoms with van der Waals surface area (Å²) in [4.78, 5) is 9.63. The molecule has 4 heteroatoms. The van der Waals surface area contributed by atoms with Crippen LogP contribution in [0.5, 0.6) is 0 Å². The quantitative estimate of drug-likeness (QED) is 0.752. The van der Waals surface area contributed by atoms with Gasteiger partial charge in [0.25, 0.3) is 0 Å². The van der Waals surface area contributed by atoms with Crippen LogP contribution in [0.4, 0.5) is 0 Å². The molecule has 0 saturated carbocycles. The molecule has 0 amide bonds. The minimum Gasteiger partial charge on any atom is -0.268 e. The van der Waals surface area contributed by atoms with Crippen LogP contribution in [0, 0.1) is 0 Å². The first-order chi connectivity index (χ1) is 6.90. The van der Waals surface area contributed by atoms with Crippen molar-refractivity contribution in [3.63, 3.8) is 0 Å². The number of nitrogens with one attached hydrogen (secondary N) is 1. The van der Waals surface area contributed by atoms with Crippen LogP contribution in [0.2, 0.25) is 0 Å². The van der Waals surface area contributed by atoms with E-state index in [4.69, 9.17) is 16.4 Å². The normalized spacial score (nSPS) is 21.2. The minimum atomic E-state index is -0.0240. The van der Waals surface area contributed by atoms with E-state index < -0.39 is 0 Å². The Morgan fingerprint density at radius 1 is 1.43 bits per heavy atom. The standard InChI is InChI=1S/C10H11ClN2O/c11-6-9-7-12-10(13-14-9)8-4-2-1-3-5-8/h1-5,9H,6-7H2,(H,12,13)/t9-/m0/s1. The van der Waals surface area contributed by atoms with E-state index in [0.717, 1.165) is 11.4 Å². The first kappa shape index (κ1) is 9.49. The first-order valence-corrected chi connectivity index (χ1v) is 5.01. The summed E-state index contributed by atoms with van der Waals surface area (Å²) in [7, 11) is 0. The molecule has 74 valence electrons. The van der Waals surface area contributed by atoms with Gasteiger partial charge in [0.05, 0.1) is 12.4 Å². The summed E-state index contributed by atoms with van der Waals surface area (Å²) in [6.07, 6.45) is -0.0240. The van der Waals surface area contributed by atoms with Crippen LogP contribution in [0.1, 0.15) is 5.56 Å². The molecule has 1 aromatic carbocycles. The lowest BCUT2D eigenvalue weighted by Gasteiger charge is -2.21. The van der Waals surface area contributed by atoms with Gasteiger partial charge in [0.15, 0.2) is 5.84 Å². The summed E-state index contributed by atoms with van der Waals surface area (Å²) in [5, 5.41) is 0. The van der Waals surface area contributed by atoms with Gasteiger partial charge in [-0.1, -0.05) is 30.3 Å². The Morgan fingerprint density at radius 2 is 2.21 bits per heavy atom. The van der Waals surface area contributed by atoms with E-state index in [1.54, 1.807) is 0 Å². The van der Waals surface area contributed by atoms with E-state index in [1.807, 2.05) is 30.3 Å². The van der Waals surface area contributed by atoms with Crippen LogP contribution in [0.25, 0.3) is 0 Å². The monoisotopic (exact) mass is 210 g/mol. The van der Waals surface area contributed by atoms with Gasteiger partial charge in [-0.15, -0.1) is 11.6 Å². The van der Waals surface area contributed by atoms with Gasteiger partial charge in [-0.2, -0.15) is 0 Å². The molecule has 0 aliphatic carbocycles. The van der Waals surface area contributed by atoms with Crippen molar-refractivity contribution in [1.82, 2.24) is 5.48 Å². The molecule has 3 nitrogen and oxygen atoms in total. The maximum atomic E-state index is 5.64. The number of hydrogen-bond donors (Lipinski definition) is 1. The van der Waals surface area contributed by atoms with Gasteiger partial charge in [0.1, 0.15) is 6.10 Å². The van der Waals surface area contributed by atoms with Gasteiger partial charge < -0.3 is 0 Å². The molecule has 1 heterocycles. The number of rotatable bonds is 2. The predicted octanol–water partition coefficient (Wildman–Crippen LogP) is 1.58. The van der Waals surface area contributed by atoms with Gasteiger partial charge >= 0.3 is 0 Å². The van der Waals surface area contributed by atoms with E-state index in [-0.39, 0.29) is 6.10 Å². The van der Waals surface area contributed by atoms with Gasteiger partial charge in [-0.05, 0) is 0 Å². The van der Waals surface area contributed by atoms with Gasteiger partial charge in [-0.25, -0.2) is 5.48 Å². The summed E-state index contributed by atoms with van der Waals surface area (Å²) in [5.41, 5.74) is 3.83. The van der Waals surface area contributed by atoms with Crippen molar-refractivity contribution in [1.29, 1.82) is 0 Å². The second-order valence-corrected chi connectivity index (χ2v) is 3.36. The third-order valence-electron chi connectivity index (χ3n) is 1.99. The average Bonchev–Trinajstić information content (AvgIpc) is 2.30. The van der Waals surface area contributed by atoms with Crippen molar-refractivity contribution in [2.24, 2.45) is 4.99 Å². The molecule has 1 aromatic rings. The number of benzene rings is 1. The molecule has 1 aliphatic rings. The van der Waals surface area contributed by atoms with Crippen LogP contribution in [0.3, 0.4) is 0 Å². The summed E-state index contributed by atoms with van der Waals surface area (Å²) < 4.78 is 0. The second kappa shape index (κ2) is 4.44. The fourth-order valence-electron chi connectivity index (χ4n) is 1.23. The van der Waals surface area contributed by atoms with Crippen LogP contribution in [0.15, 0.2) is 35.3 Å². The molecule has 1 atom stereocenters. The van der Waals surface area contributed by atoms with Crippen molar-refractivity contribution in [2.75, 3.05) is 12.4 Å². The Morgan fingerprint density at radius 3 is 2.79 bits per heavy atom. The largest absolute Gasteiger partial charge is 0.268 e. The predicted molar refractivity (Wildman–Crippen MR) is 56.6 cm³/mol. The molecule has 0 aromatic heterocycles. The smallest absolute Gasteiger partial charge is 0.152 e. The molecule has 0 bridgehead atoms. The molecule has 0 saturated heterocycles. The molecular formula is C10H11ClN2O. The van der Waals surface area contributed by atoms with Crippen LogP contribution < -0.4 is 5.48 Å². The van der Waals surface area contributed by atoms with Crippen LogP contribution in [-0.2, 0) is 4.84 Å². The van der Waals surface area contributed by atoms with E-state index >= 15 is 0 Å². The number of alkyl halides is 1. The highest BCUT2D eigenvalue weighted by molar-refractivity contribution is 6.18. The zero-order valence-electron chi connectivity index (χ0n) is 7.61. The fraction of sp³-hybridized carbons (Fsp3) is 0.300. The summed E-state index contributed by atoms with van der Waals surface area (Å²) in [5.74, 6) is 1.23. The molecule has 0 spiro atoms. The van der Waals surface area contributed by atoms with Crippen molar-refractivity contribution in [3.05, 3.63) is 35.9 Å². The molecule has 0 radical (unpaired) electrons. The zero-order chi connectivity index (χ0) is 9.80. The van der Waals surface area contributed by atoms with Crippen molar-refractivity contribution >= 4 is 17.4 Å². The number of aliphatic imine (C=N–C) groups is 1. The zero-order valence-corrected chi connectivity index (χ0v) is 8.37. The molecule has 14 heavy (non-hydrogen) atoms. The van der Waals surface area contributed by atoms with Crippen molar-refractivity contribution in [3.8, 4) is 0 Å². The Labute approximate surface area is 87.7 Å². The Bertz CT molecular complexity index is 326. The third-order valence-corrected chi connectivity index (χ3v) is 2.34. The Kier molecular flexibility index (Phi) is 3.01. The number of amidine groups is 1. The Hall–Kier alpha value is -1.06. The number of halogens is 1. The number of nitrogens with zero attached hydrogens (tertiary/aromatic N) is 1. The van der Waals surface area contributed by atoms with E-state index in [9.17, 15) is 0 Å². The number of hydroxylamine groups is 1. The molecule has 1 aliphatic heterocycles. The lowest BCUT2D eigenvalue weighted by Crippen LogP contribution is -2.38. The highest BCUT2D eigenvalue weighted by Gasteiger charge is 2.15. The average molecular weight is 211 g/mol. The lowest BCUT2D eigenvalue weighted by atomic mass is 10.2. The van der Waals surface area contributed by atoms with Gasteiger partial charge in [-0.3, -0.25) is 9.83 Å². The summed E-state index contributed by atoms with van der Waals surface area (Å²) in [6.45, 7) is 0.612. The van der Waals surface area contributed by atoms with E-state index in [0.29, 0.717) is 12.4 Å². The lowest BCUT2D eigenvalue weighted by molar-refractivity contribution is 0.0205. The molecule has 0 fully saturated rings. The topological polar surface area (TPSA) is 33.6 Å². The maximum Gasteiger partial charge on any atom is 0.152 e. The highest BCUT2D eigenvalue weighted by atomic mass is 35.5. The molecule has 1 N–H and O–H groups in total. The van der Waals surface area contributed by atoms with Crippen molar-refractivity contribution in [2.45, 2.75) is 6.10 Å².